The van der Waals surface area contributed by atoms with Crippen molar-refractivity contribution in [2.75, 3.05) is 37.6 Å². The summed E-state index contributed by atoms with van der Waals surface area (Å²) < 4.78 is 5.62. The highest BCUT2D eigenvalue weighted by molar-refractivity contribution is 14.0. The fourth-order valence-corrected chi connectivity index (χ4v) is 3.55. The summed E-state index contributed by atoms with van der Waals surface area (Å²) in [6.45, 7) is 11.3. The average Bonchev–Trinajstić information content (AvgIpc) is 3.22. The van der Waals surface area contributed by atoms with Gasteiger partial charge >= 0.3 is 0 Å². The van der Waals surface area contributed by atoms with Crippen LogP contribution in [0, 0.1) is 13.8 Å². The predicted molar refractivity (Wildman–Crippen MR) is 114 cm³/mol. The van der Waals surface area contributed by atoms with E-state index in [1.807, 2.05) is 13.8 Å². The monoisotopic (exact) mass is 475 g/mol. The lowest BCUT2D eigenvalue weighted by Crippen LogP contribution is -2.52. The van der Waals surface area contributed by atoms with E-state index in [-0.39, 0.29) is 24.0 Å². The fraction of sp³-hybridized carbons (Fsp3) is 0.529. The molecule has 138 valence electrons. The lowest BCUT2D eigenvalue weighted by Gasteiger charge is -2.37. The van der Waals surface area contributed by atoms with Crippen molar-refractivity contribution >= 4 is 46.3 Å². The van der Waals surface area contributed by atoms with Gasteiger partial charge in [0.25, 0.3) is 0 Å². The van der Waals surface area contributed by atoms with Crippen molar-refractivity contribution in [1.82, 2.24) is 15.2 Å². The number of aryl methyl sites for hydroxylation is 2. The summed E-state index contributed by atoms with van der Waals surface area (Å²) in [5.74, 6) is 2.49. The molecule has 1 aliphatic heterocycles. The number of hydrogen-bond acceptors (Lipinski definition) is 5. The number of guanidine groups is 1. The normalized spacial score (nSPS) is 15.2. The van der Waals surface area contributed by atoms with Crippen LogP contribution in [-0.4, -0.2) is 48.6 Å². The van der Waals surface area contributed by atoms with Gasteiger partial charge in [-0.05, 0) is 38.3 Å². The van der Waals surface area contributed by atoms with E-state index in [1.165, 1.54) is 5.00 Å². The lowest BCUT2D eigenvalue weighted by molar-refractivity contribution is 0.372. The molecule has 1 saturated heterocycles. The minimum atomic E-state index is 0. The Bertz CT molecular complexity index is 658. The molecule has 0 bridgehead atoms. The van der Waals surface area contributed by atoms with Gasteiger partial charge in [-0.3, -0.25) is 0 Å². The van der Waals surface area contributed by atoms with Crippen molar-refractivity contribution in [1.29, 1.82) is 0 Å². The number of rotatable bonds is 4. The molecule has 0 unspecified atom stereocenters. The molecular formula is C17H26IN5OS. The van der Waals surface area contributed by atoms with Gasteiger partial charge in [0.2, 0.25) is 5.89 Å². The average molecular weight is 475 g/mol. The highest BCUT2D eigenvalue weighted by atomic mass is 127. The first kappa shape index (κ1) is 20.0. The van der Waals surface area contributed by atoms with Crippen LogP contribution in [0.2, 0.25) is 0 Å². The van der Waals surface area contributed by atoms with E-state index in [2.05, 4.69) is 44.5 Å². The van der Waals surface area contributed by atoms with Gasteiger partial charge in [0, 0.05) is 32.7 Å². The fourth-order valence-electron chi connectivity index (χ4n) is 2.76. The molecule has 1 N–H and O–H groups in total. The van der Waals surface area contributed by atoms with E-state index < -0.39 is 0 Å². The Balaban J connectivity index is 0.00000225. The van der Waals surface area contributed by atoms with Gasteiger partial charge in [0.05, 0.1) is 10.7 Å². The van der Waals surface area contributed by atoms with Gasteiger partial charge in [-0.15, -0.1) is 35.3 Å². The van der Waals surface area contributed by atoms with Crippen LogP contribution in [0.4, 0.5) is 5.00 Å². The van der Waals surface area contributed by atoms with Gasteiger partial charge < -0.3 is 19.5 Å². The summed E-state index contributed by atoms with van der Waals surface area (Å²) in [6, 6.07) is 4.30. The zero-order chi connectivity index (χ0) is 16.9. The van der Waals surface area contributed by atoms with Crippen LogP contribution in [0.25, 0.3) is 0 Å². The van der Waals surface area contributed by atoms with E-state index in [0.29, 0.717) is 12.4 Å². The van der Waals surface area contributed by atoms with Crippen LogP contribution in [0.15, 0.2) is 26.9 Å². The molecular weight excluding hydrogens is 449 g/mol. The molecule has 1 fully saturated rings. The second-order valence-electron chi connectivity index (χ2n) is 5.84. The number of thiophene rings is 1. The van der Waals surface area contributed by atoms with Crippen molar-refractivity contribution in [3.63, 3.8) is 0 Å². The first-order valence-electron chi connectivity index (χ1n) is 8.42. The summed E-state index contributed by atoms with van der Waals surface area (Å²) in [5.41, 5.74) is 0.940. The molecule has 0 aliphatic carbocycles. The van der Waals surface area contributed by atoms with Crippen LogP contribution in [-0.2, 0) is 6.54 Å². The number of nitrogens with one attached hydrogen (secondary N) is 1. The van der Waals surface area contributed by atoms with Crippen LogP contribution in [0.3, 0.4) is 0 Å². The van der Waals surface area contributed by atoms with Gasteiger partial charge in [0.1, 0.15) is 12.3 Å². The maximum atomic E-state index is 5.62. The largest absolute Gasteiger partial charge is 0.444 e. The number of piperazine rings is 1. The van der Waals surface area contributed by atoms with E-state index >= 15 is 0 Å². The molecule has 3 heterocycles. The zero-order valence-electron chi connectivity index (χ0n) is 15.0. The summed E-state index contributed by atoms with van der Waals surface area (Å²) in [4.78, 5) is 13.9. The topological polar surface area (TPSA) is 56.9 Å². The van der Waals surface area contributed by atoms with Crippen LogP contribution in [0.1, 0.15) is 24.3 Å². The Hall–Kier alpha value is -1.29. The molecule has 8 heteroatoms. The Morgan fingerprint density at radius 1 is 1.32 bits per heavy atom. The standard InChI is InChI=1S/C17H25N5OS.HI/c1-4-18-17(19-12-15-20-13(2)14(3)23-15)22-9-7-21(8-10-22)16-6-5-11-24-16;/h5-6,11H,4,7-10,12H2,1-3H3,(H,18,19);1H. The molecule has 3 rings (SSSR count). The van der Waals surface area contributed by atoms with Crippen LogP contribution in [0.5, 0.6) is 0 Å². The Labute approximate surface area is 170 Å². The number of halogens is 1. The third kappa shape index (κ3) is 5.10. The van der Waals surface area contributed by atoms with E-state index in [4.69, 9.17) is 9.41 Å². The molecule has 2 aromatic heterocycles. The van der Waals surface area contributed by atoms with Crippen molar-refractivity contribution in [3.8, 4) is 0 Å². The second-order valence-corrected chi connectivity index (χ2v) is 6.77. The predicted octanol–water partition coefficient (Wildman–Crippen LogP) is 3.26. The maximum Gasteiger partial charge on any atom is 0.216 e. The maximum absolute atomic E-state index is 5.62. The molecule has 0 saturated carbocycles. The van der Waals surface area contributed by atoms with Crippen LogP contribution >= 0.6 is 35.3 Å². The Morgan fingerprint density at radius 2 is 2.08 bits per heavy atom. The number of oxazole rings is 1. The van der Waals surface area contributed by atoms with Crippen molar-refractivity contribution in [2.45, 2.75) is 27.3 Å². The zero-order valence-corrected chi connectivity index (χ0v) is 18.1. The molecule has 2 aromatic rings. The van der Waals surface area contributed by atoms with Crippen LogP contribution < -0.4 is 10.2 Å². The summed E-state index contributed by atoms with van der Waals surface area (Å²) in [7, 11) is 0. The van der Waals surface area contributed by atoms with Gasteiger partial charge in [0.15, 0.2) is 5.96 Å². The molecule has 25 heavy (non-hydrogen) atoms. The quantitative estimate of drug-likeness (QED) is 0.418. The van der Waals surface area contributed by atoms with Gasteiger partial charge in [-0.25, -0.2) is 9.98 Å². The van der Waals surface area contributed by atoms with E-state index in [9.17, 15) is 0 Å². The molecule has 1 aliphatic rings. The lowest BCUT2D eigenvalue weighted by atomic mass is 10.3. The molecule has 0 amide bonds. The van der Waals surface area contributed by atoms with Crippen molar-refractivity contribution in [3.05, 3.63) is 34.9 Å². The third-order valence-electron chi connectivity index (χ3n) is 4.17. The number of aliphatic imine (C=N–C) groups is 1. The number of hydrogen-bond donors (Lipinski definition) is 1. The number of anilines is 1. The number of nitrogens with zero attached hydrogens (tertiary/aromatic N) is 4. The first-order chi connectivity index (χ1) is 11.7. The molecule has 6 nitrogen and oxygen atoms in total. The second kappa shape index (κ2) is 9.42. The first-order valence-corrected chi connectivity index (χ1v) is 9.30. The summed E-state index contributed by atoms with van der Waals surface area (Å²) in [6.07, 6.45) is 0. The molecule has 0 spiro atoms. The smallest absolute Gasteiger partial charge is 0.216 e. The SMILES string of the molecule is CCNC(=NCc1nc(C)c(C)o1)N1CCN(c2cccs2)CC1.I. The van der Waals surface area contributed by atoms with E-state index in [1.54, 1.807) is 11.3 Å². The Morgan fingerprint density at radius 3 is 2.64 bits per heavy atom. The van der Waals surface area contributed by atoms with Crippen molar-refractivity contribution < 1.29 is 4.42 Å². The molecule has 0 atom stereocenters. The van der Waals surface area contributed by atoms with Gasteiger partial charge in [-0.1, -0.05) is 0 Å². The minimum absolute atomic E-state index is 0. The van der Waals surface area contributed by atoms with Gasteiger partial charge in [-0.2, -0.15) is 0 Å². The highest BCUT2D eigenvalue weighted by Crippen LogP contribution is 2.22. The minimum Gasteiger partial charge on any atom is -0.444 e. The summed E-state index contributed by atoms with van der Waals surface area (Å²) >= 11 is 1.80. The van der Waals surface area contributed by atoms with E-state index in [0.717, 1.165) is 50.1 Å². The Kier molecular flexibility index (Phi) is 7.55. The summed E-state index contributed by atoms with van der Waals surface area (Å²) in [5, 5.41) is 6.87. The number of aromatic nitrogens is 1. The highest BCUT2D eigenvalue weighted by Gasteiger charge is 2.20. The molecule has 0 aromatic carbocycles. The molecule has 0 radical (unpaired) electrons. The van der Waals surface area contributed by atoms with Crippen molar-refractivity contribution in [2.24, 2.45) is 4.99 Å². The third-order valence-corrected chi connectivity index (χ3v) is 5.10.